The summed E-state index contributed by atoms with van der Waals surface area (Å²) in [5, 5.41) is 3.39. The van der Waals surface area contributed by atoms with Crippen molar-refractivity contribution in [2.75, 3.05) is 19.6 Å². The summed E-state index contributed by atoms with van der Waals surface area (Å²) < 4.78 is 6.92. The first-order valence-electron chi connectivity index (χ1n) is 6.88. The van der Waals surface area contributed by atoms with Crippen LogP contribution < -0.4 is 5.32 Å². The predicted octanol–water partition coefficient (Wildman–Crippen LogP) is 2.90. The number of hydrogen-bond acceptors (Lipinski definition) is 4. The van der Waals surface area contributed by atoms with E-state index in [4.69, 9.17) is 4.42 Å². The lowest BCUT2D eigenvalue weighted by Gasteiger charge is -2.32. The van der Waals surface area contributed by atoms with Crippen LogP contribution in [0.15, 0.2) is 39.4 Å². The minimum atomic E-state index is 0.516. The van der Waals surface area contributed by atoms with Crippen molar-refractivity contribution in [3.8, 4) is 11.3 Å². The van der Waals surface area contributed by atoms with Crippen LogP contribution in [-0.2, 0) is 6.54 Å². The Balaban J connectivity index is 1.75. The number of benzene rings is 1. The van der Waals surface area contributed by atoms with Crippen LogP contribution in [-0.4, -0.2) is 35.6 Å². The van der Waals surface area contributed by atoms with Crippen LogP contribution in [0.3, 0.4) is 0 Å². The molecule has 2 aromatic rings. The van der Waals surface area contributed by atoms with E-state index in [1.165, 1.54) is 0 Å². The minimum absolute atomic E-state index is 0.516. The molecule has 0 spiro atoms. The minimum Gasteiger partial charge on any atom is -0.439 e. The van der Waals surface area contributed by atoms with Gasteiger partial charge >= 0.3 is 0 Å². The Bertz CT molecular complexity index is 584. The van der Waals surface area contributed by atoms with Crippen LogP contribution in [0.4, 0.5) is 0 Å². The zero-order valence-electron chi connectivity index (χ0n) is 11.5. The molecule has 0 saturated carbocycles. The van der Waals surface area contributed by atoms with Crippen molar-refractivity contribution in [2.24, 2.45) is 0 Å². The summed E-state index contributed by atoms with van der Waals surface area (Å²) in [4.78, 5) is 6.81. The summed E-state index contributed by atoms with van der Waals surface area (Å²) in [6, 6.07) is 8.55. The first-order chi connectivity index (χ1) is 9.74. The molecular weight excluding hydrogens is 318 g/mol. The number of oxazole rings is 1. The maximum Gasteiger partial charge on any atom is 0.209 e. The fourth-order valence-electron chi connectivity index (χ4n) is 2.46. The predicted molar refractivity (Wildman–Crippen MR) is 82.4 cm³/mol. The molecule has 1 saturated heterocycles. The number of rotatable bonds is 3. The second kappa shape index (κ2) is 6.08. The van der Waals surface area contributed by atoms with Crippen molar-refractivity contribution in [1.82, 2.24) is 15.2 Å². The lowest BCUT2D eigenvalue weighted by Crippen LogP contribution is -2.49. The molecule has 1 aromatic heterocycles. The Morgan fingerprint density at radius 3 is 3.10 bits per heavy atom. The maximum atomic E-state index is 5.90. The number of hydrogen-bond donors (Lipinski definition) is 1. The molecule has 1 aromatic carbocycles. The van der Waals surface area contributed by atoms with Gasteiger partial charge in [-0.25, -0.2) is 4.98 Å². The van der Waals surface area contributed by atoms with Gasteiger partial charge in [0.15, 0.2) is 5.76 Å². The molecule has 0 bridgehead atoms. The number of nitrogens with zero attached hydrogens (tertiary/aromatic N) is 2. The van der Waals surface area contributed by atoms with E-state index in [9.17, 15) is 0 Å². The lowest BCUT2D eigenvalue weighted by molar-refractivity contribution is 0.151. The van der Waals surface area contributed by atoms with Gasteiger partial charge in [-0.1, -0.05) is 34.1 Å². The number of nitrogens with one attached hydrogen (secondary N) is 1. The molecule has 0 radical (unpaired) electrons. The van der Waals surface area contributed by atoms with Gasteiger partial charge in [0.05, 0.1) is 12.7 Å². The molecule has 1 aliphatic heterocycles. The molecule has 0 aliphatic carbocycles. The van der Waals surface area contributed by atoms with Crippen molar-refractivity contribution >= 4 is 15.9 Å². The fraction of sp³-hybridized carbons (Fsp3) is 0.400. The Morgan fingerprint density at radius 2 is 2.30 bits per heavy atom. The lowest BCUT2D eigenvalue weighted by atomic mass is 10.2. The van der Waals surface area contributed by atoms with E-state index in [0.29, 0.717) is 6.04 Å². The van der Waals surface area contributed by atoms with E-state index in [1.807, 2.05) is 30.5 Å². The molecule has 5 heteroatoms. The molecule has 1 fully saturated rings. The SMILES string of the molecule is C[C@@H]1CNCCN1Cc1ncc(-c2ccccc2Br)o1. The normalized spacial score (nSPS) is 20.2. The molecule has 0 amide bonds. The maximum absolute atomic E-state index is 5.90. The summed E-state index contributed by atoms with van der Waals surface area (Å²) in [7, 11) is 0. The third-order valence-electron chi connectivity index (χ3n) is 3.67. The van der Waals surface area contributed by atoms with Crippen LogP contribution in [0.25, 0.3) is 11.3 Å². The van der Waals surface area contributed by atoms with Gasteiger partial charge in [0.2, 0.25) is 5.89 Å². The molecule has 20 heavy (non-hydrogen) atoms. The summed E-state index contributed by atoms with van der Waals surface area (Å²) in [6.07, 6.45) is 1.81. The van der Waals surface area contributed by atoms with Crippen LogP contribution in [0.2, 0.25) is 0 Å². The summed E-state index contributed by atoms with van der Waals surface area (Å²) in [5.41, 5.74) is 1.04. The van der Waals surface area contributed by atoms with E-state index < -0.39 is 0 Å². The van der Waals surface area contributed by atoms with Crippen molar-refractivity contribution in [2.45, 2.75) is 19.5 Å². The van der Waals surface area contributed by atoms with E-state index in [1.54, 1.807) is 0 Å². The smallest absolute Gasteiger partial charge is 0.209 e. The van der Waals surface area contributed by atoms with Crippen molar-refractivity contribution < 1.29 is 4.42 Å². The number of halogens is 1. The van der Waals surface area contributed by atoms with E-state index >= 15 is 0 Å². The average molecular weight is 336 g/mol. The first-order valence-corrected chi connectivity index (χ1v) is 7.67. The van der Waals surface area contributed by atoms with Crippen molar-refractivity contribution in [1.29, 1.82) is 0 Å². The number of piperazine rings is 1. The topological polar surface area (TPSA) is 41.3 Å². The van der Waals surface area contributed by atoms with Crippen LogP contribution in [0.5, 0.6) is 0 Å². The molecule has 2 heterocycles. The van der Waals surface area contributed by atoms with Gasteiger partial charge in [-0.3, -0.25) is 4.90 Å². The van der Waals surface area contributed by atoms with Gasteiger partial charge in [-0.15, -0.1) is 0 Å². The monoisotopic (exact) mass is 335 g/mol. The van der Waals surface area contributed by atoms with Gasteiger partial charge in [0.1, 0.15) is 0 Å². The Hall–Kier alpha value is -1.17. The van der Waals surface area contributed by atoms with Gasteiger partial charge < -0.3 is 9.73 Å². The van der Waals surface area contributed by atoms with Crippen molar-refractivity contribution in [3.63, 3.8) is 0 Å². The van der Waals surface area contributed by atoms with Gasteiger partial charge in [-0.05, 0) is 13.0 Å². The number of aromatic nitrogens is 1. The van der Waals surface area contributed by atoms with E-state index in [2.05, 4.69) is 38.1 Å². The highest BCUT2D eigenvalue weighted by molar-refractivity contribution is 9.10. The zero-order chi connectivity index (χ0) is 13.9. The second-order valence-electron chi connectivity index (χ2n) is 5.12. The molecule has 4 nitrogen and oxygen atoms in total. The van der Waals surface area contributed by atoms with Gasteiger partial charge in [0.25, 0.3) is 0 Å². The van der Waals surface area contributed by atoms with Gasteiger partial charge in [-0.2, -0.15) is 0 Å². The zero-order valence-corrected chi connectivity index (χ0v) is 13.1. The molecular formula is C15H18BrN3O. The van der Waals surface area contributed by atoms with Crippen LogP contribution >= 0.6 is 15.9 Å². The largest absolute Gasteiger partial charge is 0.439 e. The average Bonchev–Trinajstić information content (AvgIpc) is 2.90. The summed E-state index contributed by atoms with van der Waals surface area (Å²) in [6.45, 7) is 6.09. The fourth-order valence-corrected chi connectivity index (χ4v) is 2.94. The van der Waals surface area contributed by atoms with Crippen LogP contribution in [0.1, 0.15) is 12.8 Å². The van der Waals surface area contributed by atoms with Crippen LogP contribution in [0, 0.1) is 0 Å². The summed E-state index contributed by atoms with van der Waals surface area (Å²) in [5.74, 6) is 1.60. The molecule has 3 rings (SSSR count). The standard InChI is InChI=1S/C15H18BrN3O/c1-11-8-17-6-7-19(11)10-15-18-9-14(20-15)12-4-2-3-5-13(12)16/h2-5,9,11,17H,6-8,10H2,1H3/t11-/m1/s1. The quantitative estimate of drug-likeness (QED) is 0.936. The highest BCUT2D eigenvalue weighted by Crippen LogP contribution is 2.28. The molecule has 0 unspecified atom stereocenters. The molecule has 1 aliphatic rings. The molecule has 106 valence electrons. The third kappa shape index (κ3) is 2.95. The molecule has 1 N–H and O–H groups in total. The molecule has 1 atom stereocenters. The Labute approximate surface area is 127 Å². The van der Waals surface area contributed by atoms with Gasteiger partial charge in [0, 0.05) is 35.7 Å². The first kappa shape index (κ1) is 13.8. The highest BCUT2D eigenvalue weighted by atomic mass is 79.9. The highest BCUT2D eigenvalue weighted by Gasteiger charge is 2.20. The van der Waals surface area contributed by atoms with Crippen molar-refractivity contribution in [3.05, 3.63) is 40.8 Å². The summed E-state index contributed by atoms with van der Waals surface area (Å²) >= 11 is 3.54. The van der Waals surface area contributed by atoms with E-state index in [0.717, 1.165) is 47.9 Å². The van der Waals surface area contributed by atoms with E-state index in [-0.39, 0.29) is 0 Å². The Morgan fingerprint density at radius 1 is 1.45 bits per heavy atom. The Kier molecular flexibility index (Phi) is 4.19. The second-order valence-corrected chi connectivity index (χ2v) is 5.98. The third-order valence-corrected chi connectivity index (χ3v) is 4.36.